The summed E-state index contributed by atoms with van der Waals surface area (Å²) in [6, 6.07) is 3.29. The van der Waals surface area contributed by atoms with E-state index in [0.29, 0.717) is 11.3 Å². The van der Waals surface area contributed by atoms with Crippen molar-refractivity contribution in [1.29, 1.82) is 0 Å². The molecule has 2 N–H and O–H groups in total. The summed E-state index contributed by atoms with van der Waals surface area (Å²) in [6.07, 6.45) is 3.98. The van der Waals surface area contributed by atoms with Crippen molar-refractivity contribution in [3.05, 3.63) is 29.3 Å². The number of benzene rings is 1. The minimum atomic E-state index is -1.20. The molecule has 2 rings (SSSR count). The minimum absolute atomic E-state index is 0.149. The topological polar surface area (TPSA) is 58.6 Å². The van der Waals surface area contributed by atoms with Gasteiger partial charge in [0.1, 0.15) is 17.1 Å². The lowest BCUT2D eigenvalue weighted by Crippen LogP contribution is -2.35. The zero-order chi connectivity index (χ0) is 16.7. The number of aromatic hydroxyl groups is 1. The van der Waals surface area contributed by atoms with Gasteiger partial charge in [0, 0.05) is 23.2 Å². The molecule has 0 amide bonds. The van der Waals surface area contributed by atoms with E-state index in [2.05, 4.69) is 4.72 Å². The molecule has 4 nitrogen and oxygen atoms in total. The first-order valence-electron chi connectivity index (χ1n) is 7.43. The molecule has 1 aliphatic heterocycles. The van der Waals surface area contributed by atoms with Crippen LogP contribution in [0.1, 0.15) is 58.7 Å². The third-order valence-electron chi connectivity index (χ3n) is 3.50. The second-order valence-electron chi connectivity index (χ2n) is 7.21. The summed E-state index contributed by atoms with van der Waals surface area (Å²) < 4.78 is 20.7. The normalized spacial score (nSPS) is 19.2. The van der Waals surface area contributed by atoms with E-state index in [9.17, 15) is 9.32 Å². The summed E-state index contributed by atoms with van der Waals surface area (Å²) in [5, 5.41) is 10.3. The van der Waals surface area contributed by atoms with Gasteiger partial charge in [-0.05, 0) is 53.7 Å². The highest BCUT2D eigenvalue weighted by Gasteiger charge is 2.26. The fourth-order valence-corrected chi connectivity index (χ4v) is 2.98. The largest absolute Gasteiger partial charge is 0.507 e. The van der Waals surface area contributed by atoms with Gasteiger partial charge in [-0.1, -0.05) is 6.08 Å². The first-order valence-corrected chi connectivity index (χ1v) is 8.58. The summed E-state index contributed by atoms with van der Waals surface area (Å²) in [5.41, 5.74) is 1.25. The van der Waals surface area contributed by atoms with Gasteiger partial charge in [-0.25, -0.2) is 8.93 Å². The van der Waals surface area contributed by atoms with Crippen molar-refractivity contribution in [1.82, 2.24) is 4.72 Å². The molecule has 122 valence electrons. The third kappa shape index (κ3) is 3.70. The molecular weight excluding hydrogens is 298 g/mol. The molecule has 0 unspecified atom stereocenters. The maximum Gasteiger partial charge on any atom is 0.131 e. The summed E-state index contributed by atoms with van der Waals surface area (Å²) in [4.78, 5) is 0. The number of fused-ring (bicyclic) bond motifs is 1. The SMILES string of the molecule is C[C@H](N[S@@](=O)C(C)(C)C)c1cc2c(cc1O)OC(C)(C)C=C2. The Kier molecular flexibility index (Phi) is 4.42. The van der Waals surface area contributed by atoms with Crippen LogP contribution >= 0.6 is 0 Å². The van der Waals surface area contributed by atoms with Gasteiger partial charge in [-0.15, -0.1) is 0 Å². The summed E-state index contributed by atoms with van der Waals surface area (Å²) in [5.74, 6) is 0.814. The number of rotatable bonds is 3. The average molecular weight is 323 g/mol. The monoisotopic (exact) mass is 323 g/mol. The van der Waals surface area contributed by atoms with Crippen LogP contribution in [0, 0.1) is 0 Å². The Morgan fingerprint density at radius 3 is 2.55 bits per heavy atom. The Balaban J connectivity index is 2.28. The molecule has 0 saturated carbocycles. The van der Waals surface area contributed by atoms with Crippen molar-refractivity contribution in [2.45, 2.75) is 57.9 Å². The molecule has 0 saturated heterocycles. The maximum absolute atomic E-state index is 12.2. The number of phenolic OH excluding ortho intramolecular Hbond substituents is 1. The lowest BCUT2D eigenvalue weighted by Gasteiger charge is -2.29. The zero-order valence-electron chi connectivity index (χ0n) is 14.1. The number of phenols is 1. The van der Waals surface area contributed by atoms with Crippen molar-refractivity contribution in [3.63, 3.8) is 0 Å². The molecule has 22 heavy (non-hydrogen) atoms. The summed E-state index contributed by atoms with van der Waals surface area (Å²) in [6.45, 7) is 11.6. The molecule has 1 heterocycles. The first kappa shape index (κ1) is 17.0. The van der Waals surface area contributed by atoms with E-state index in [1.165, 1.54) is 0 Å². The molecule has 0 aromatic heterocycles. The smallest absolute Gasteiger partial charge is 0.131 e. The van der Waals surface area contributed by atoms with Gasteiger partial charge in [0.2, 0.25) is 0 Å². The highest BCUT2D eigenvalue weighted by atomic mass is 32.2. The number of ether oxygens (including phenoxy) is 1. The molecule has 1 aliphatic rings. The molecule has 5 heteroatoms. The Labute approximate surface area is 135 Å². The Bertz CT molecular complexity index is 630. The van der Waals surface area contributed by atoms with Gasteiger partial charge in [-0.2, -0.15) is 0 Å². The standard InChI is InChI=1S/C17H25NO3S/c1-11(18-22(20)16(2,3)4)13-9-12-7-8-17(5,6)21-15(12)10-14(13)19/h7-11,18-19H,1-6H3/t11-,22-/m0/s1. The Morgan fingerprint density at radius 1 is 1.32 bits per heavy atom. The van der Waals surface area contributed by atoms with Crippen LogP contribution in [0.3, 0.4) is 0 Å². The molecule has 0 bridgehead atoms. The summed E-state index contributed by atoms with van der Waals surface area (Å²) >= 11 is 0. The van der Waals surface area contributed by atoms with Crippen LogP contribution < -0.4 is 9.46 Å². The third-order valence-corrected chi connectivity index (χ3v) is 5.18. The molecule has 0 aliphatic carbocycles. The van der Waals surface area contributed by atoms with Gasteiger partial charge in [0.05, 0.1) is 15.7 Å². The predicted molar refractivity (Wildman–Crippen MR) is 91.3 cm³/mol. The number of nitrogens with one attached hydrogen (secondary N) is 1. The Morgan fingerprint density at radius 2 is 1.95 bits per heavy atom. The number of hydrogen-bond acceptors (Lipinski definition) is 3. The first-order chi connectivity index (χ1) is 9.99. The number of hydrogen-bond donors (Lipinski definition) is 2. The van der Waals surface area contributed by atoms with Crippen LogP contribution in [0.5, 0.6) is 11.5 Å². The van der Waals surface area contributed by atoms with Crippen molar-refractivity contribution < 1.29 is 14.1 Å². The van der Waals surface area contributed by atoms with Gasteiger partial charge in [0.15, 0.2) is 0 Å². The van der Waals surface area contributed by atoms with Crippen LogP contribution in [-0.4, -0.2) is 19.7 Å². The van der Waals surface area contributed by atoms with E-state index in [1.54, 1.807) is 6.07 Å². The molecule has 1 aromatic rings. The van der Waals surface area contributed by atoms with Crippen molar-refractivity contribution >= 4 is 17.1 Å². The molecular formula is C17H25NO3S. The van der Waals surface area contributed by atoms with E-state index >= 15 is 0 Å². The van der Waals surface area contributed by atoms with Crippen LogP contribution in [0.25, 0.3) is 6.08 Å². The van der Waals surface area contributed by atoms with Gasteiger partial charge in [0.25, 0.3) is 0 Å². The van der Waals surface area contributed by atoms with Crippen molar-refractivity contribution in [3.8, 4) is 11.5 Å². The predicted octanol–water partition coefficient (Wildman–Crippen LogP) is 3.69. The molecule has 0 spiro atoms. The van der Waals surface area contributed by atoms with Gasteiger partial charge < -0.3 is 9.84 Å². The highest BCUT2D eigenvalue weighted by molar-refractivity contribution is 7.84. The molecule has 0 fully saturated rings. The van der Waals surface area contributed by atoms with E-state index in [0.717, 1.165) is 5.56 Å². The van der Waals surface area contributed by atoms with Gasteiger partial charge >= 0.3 is 0 Å². The van der Waals surface area contributed by atoms with E-state index < -0.39 is 11.0 Å². The fraction of sp³-hybridized carbons (Fsp3) is 0.529. The maximum atomic E-state index is 12.2. The minimum Gasteiger partial charge on any atom is -0.507 e. The fourth-order valence-electron chi connectivity index (χ4n) is 2.18. The van der Waals surface area contributed by atoms with E-state index in [-0.39, 0.29) is 22.1 Å². The van der Waals surface area contributed by atoms with Crippen LogP contribution in [0.2, 0.25) is 0 Å². The van der Waals surface area contributed by atoms with Crippen LogP contribution in [0.15, 0.2) is 18.2 Å². The molecule has 2 atom stereocenters. The zero-order valence-corrected chi connectivity index (χ0v) is 14.9. The quantitative estimate of drug-likeness (QED) is 0.892. The second-order valence-corrected chi connectivity index (χ2v) is 9.21. The van der Waals surface area contributed by atoms with E-state index in [4.69, 9.17) is 4.74 Å². The second kappa shape index (κ2) is 5.70. The van der Waals surface area contributed by atoms with Crippen molar-refractivity contribution in [2.75, 3.05) is 0 Å². The molecule has 1 aromatic carbocycles. The lowest BCUT2D eigenvalue weighted by molar-refractivity contribution is 0.158. The van der Waals surface area contributed by atoms with Gasteiger partial charge in [-0.3, -0.25) is 0 Å². The molecule has 0 radical (unpaired) electrons. The van der Waals surface area contributed by atoms with Crippen LogP contribution in [0.4, 0.5) is 0 Å². The van der Waals surface area contributed by atoms with Crippen LogP contribution in [-0.2, 0) is 11.0 Å². The lowest BCUT2D eigenvalue weighted by atomic mass is 9.98. The highest BCUT2D eigenvalue weighted by Crippen LogP contribution is 2.37. The average Bonchev–Trinajstić information content (AvgIpc) is 2.35. The summed E-state index contributed by atoms with van der Waals surface area (Å²) in [7, 11) is -1.20. The van der Waals surface area contributed by atoms with Crippen molar-refractivity contribution in [2.24, 2.45) is 0 Å². The van der Waals surface area contributed by atoms with E-state index in [1.807, 2.05) is 59.8 Å². The Hall–Kier alpha value is -1.33.